The number of nitrogens with one attached hydrogen (secondary N) is 1. The van der Waals surface area contributed by atoms with Crippen LogP contribution in [-0.4, -0.2) is 16.9 Å². The fraction of sp³-hybridized carbons (Fsp3) is 0.364. The zero-order chi connectivity index (χ0) is 12.3. The van der Waals surface area contributed by atoms with Crippen LogP contribution in [0.3, 0.4) is 0 Å². The third kappa shape index (κ3) is 3.10. The Morgan fingerprint density at radius 1 is 1.47 bits per heavy atom. The van der Waals surface area contributed by atoms with Gasteiger partial charge in [-0.2, -0.15) is 5.10 Å². The Morgan fingerprint density at radius 2 is 2.29 bits per heavy atom. The molecule has 0 spiro atoms. The Labute approximate surface area is 108 Å². The molecule has 2 aromatic heterocycles. The number of hydrogen-bond acceptors (Lipinski definition) is 4. The maximum Gasteiger partial charge on any atom is 0.211 e. The zero-order valence-corrected chi connectivity index (χ0v) is 11.3. The molecule has 2 heterocycles. The molecule has 0 bridgehead atoms. The van der Waals surface area contributed by atoms with Crippen LogP contribution in [0.1, 0.15) is 11.5 Å². The first-order valence-electron chi connectivity index (χ1n) is 5.21. The average molecular weight is 300 g/mol. The van der Waals surface area contributed by atoms with Crippen LogP contribution in [-0.2, 0) is 20.1 Å². The van der Waals surface area contributed by atoms with Gasteiger partial charge in [0.2, 0.25) is 5.88 Å². The maximum absolute atomic E-state index is 5.38. The Bertz CT molecular complexity index is 493. The van der Waals surface area contributed by atoms with E-state index >= 15 is 0 Å². The molecule has 0 saturated carbocycles. The van der Waals surface area contributed by atoms with E-state index in [1.807, 2.05) is 25.2 Å². The van der Waals surface area contributed by atoms with E-state index in [0.29, 0.717) is 13.1 Å². The lowest BCUT2D eigenvalue weighted by Gasteiger charge is -1.98. The van der Waals surface area contributed by atoms with Gasteiger partial charge in [-0.1, -0.05) is 0 Å². The number of methoxy groups -OCH3 is 1. The highest BCUT2D eigenvalue weighted by Crippen LogP contribution is 2.14. The SMILES string of the molecule is COc1cc(CNCc2ccc(Br)o2)nn1C. The summed E-state index contributed by atoms with van der Waals surface area (Å²) in [6.45, 7) is 1.35. The molecular formula is C11H14BrN3O2. The number of aromatic nitrogens is 2. The van der Waals surface area contributed by atoms with Crippen LogP contribution in [0.5, 0.6) is 5.88 Å². The van der Waals surface area contributed by atoms with Gasteiger partial charge in [-0.15, -0.1) is 0 Å². The summed E-state index contributed by atoms with van der Waals surface area (Å²) in [5, 5.41) is 7.56. The topological polar surface area (TPSA) is 52.2 Å². The quantitative estimate of drug-likeness (QED) is 0.918. The van der Waals surface area contributed by atoms with E-state index in [4.69, 9.17) is 9.15 Å². The summed E-state index contributed by atoms with van der Waals surface area (Å²) in [5.74, 6) is 1.64. The van der Waals surface area contributed by atoms with Gasteiger partial charge in [0.25, 0.3) is 0 Å². The number of furan rings is 1. The highest BCUT2D eigenvalue weighted by atomic mass is 79.9. The standard InChI is InChI=1S/C11H14BrN3O2/c1-15-11(16-2)5-8(14-15)6-13-7-9-3-4-10(12)17-9/h3-5,13H,6-7H2,1-2H3. The number of hydrogen-bond donors (Lipinski definition) is 1. The zero-order valence-electron chi connectivity index (χ0n) is 9.74. The second-order valence-corrected chi connectivity index (χ2v) is 4.39. The number of rotatable bonds is 5. The monoisotopic (exact) mass is 299 g/mol. The van der Waals surface area contributed by atoms with Gasteiger partial charge in [-0.25, -0.2) is 4.68 Å². The molecule has 0 aliphatic heterocycles. The van der Waals surface area contributed by atoms with Gasteiger partial charge in [0.15, 0.2) is 4.67 Å². The van der Waals surface area contributed by atoms with Crippen LogP contribution in [0.4, 0.5) is 0 Å². The van der Waals surface area contributed by atoms with Crippen molar-refractivity contribution >= 4 is 15.9 Å². The van der Waals surface area contributed by atoms with Gasteiger partial charge in [-0.05, 0) is 28.1 Å². The highest BCUT2D eigenvalue weighted by molar-refractivity contribution is 9.10. The number of halogens is 1. The maximum atomic E-state index is 5.38. The van der Waals surface area contributed by atoms with Crippen LogP contribution in [0.2, 0.25) is 0 Å². The molecular weight excluding hydrogens is 286 g/mol. The Balaban J connectivity index is 1.85. The van der Waals surface area contributed by atoms with Gasteiger partial charge >= 0.3 is 0 Å². The van der Waals surface area contributed by atoms with Gasteiger partial charge in [-0.3, -0.25) is 0 Å². The van der Waals surface area contributed by atoms with E-state index < -0.39 is 0 Å². The lowest BCUT2D eigenvalue weighted by atomic mass is 10.4. The minimum absolute atomic E-state index is 0.671. The van der Waals surface area contributed by atoms with Crippen LogP contribution in [0.15, 0.2) is 27.3 Å². The largest absolute Gasteiger partial charge is 0.481 e. The van der Waals surface area contributed by atoms with Gasteiger partial charge < -0.3 is 14.5 Å². The molecule has 0 aliphatic carbocycles. The minimum atomic E-state index is 0.671. The molecule has 0 saturated heterocycles. The highest BCUT2D eigenvalue weighted by Gasteiger charge is 2.05. The van der Waals surface area contributed by atoms with Crippen LogP contribution >= 0.6 is 15.9 Å². The summed E-state index contributed by atoms with van der Waals surface area (Å²) >= 11 is 3.26. The fourth-order valence-electron chi connectivity index (χ4n) is 1.54. The summed E-state index contributed by atoms with van der Waals surface area (Å²) in [5.41, 5.74) is 0.940. The van der Waals surface area contributed by atoms with E-state index in [0.717, 1.165) is 22.0 Å². The third-order valence-electron chi connectivity index (χ3n) is 2.33. The molecule has 1 N–H and O–H groups in total. The van der Waals surface area contributed by atoms with Crippen LogP contribution in [0, 0.1) is 0 Å². The van der Waals surface area contributed by atoms with E-state index in [-0.39, 0.29) is 0 Å². The van der Waals surface area contributed by atoms with Crippen molar-refractivity contribution in [1.82, 2.24) is 15.1 Å². The van der Waals surface area contributed by atoms with E-state index in [9.17, 15) is 0 Å². The molecule has 17 heavy (non-hydrogen) atoms. The van der Waals surface area contributed by atoms with Crippen LogP contribution < -0.4 is 10.1 Å². The van der Waals surface area contributed by atoms with Crippen molar-refractivity contribution in [1.29, 1.82) is 0 Å². The first-order valence-corrected chi connectivity index (χ1v) is 6.00. The predicted molar refractivity (Wildman–Crippen MR) is 66.7 cm³/mol. The fourth-order valence-corrected chi connectivity index (χ4v) is 1.88. The molecule has 0 radical (unpaired) electrons. The van der Waals surface area contributed by atoms with Crippen molar-refractivity contribution in [2.75, 3.05) is 7.11 Å². The number of ether oxygens (including phenoxy) is 1. The molecule has 0 amide bonds. The van der Waals surface area contributed by atoms with E-state index in [1.54, 1.807) is 11.8 Å². The smallest absolute Gasteiger partial charge is 0.211 e. The molecule has 6 heteroatoms. The molecule has 0 atom stereocenters. The average Bonchev–Trinajstić information content (AvgIpc) is 2.85. The van der Waals surface area contributed by atoms with Gasteiger partial charge in [0, 0.05) is 19.7 Å². The number of nitrogens with zero attached hydrogens (tertiary/aromatic N) is 2. The normalized spacial score (nSPS) is 10.8. The van der Waals surface area contributed by atoms with E-state index in [1.165, 1.54) is 0 Å². The van der Waals surface area contributed by atoms with Crippen molar-refractivity contribution in [2.24, 2.45) is 7.05 Å². The Hall–Kier alpha value is -1.27. The molecule has 0 aliphatic rings. The molecule has 2 aromatic rings. The Morgan fingerprint density at radius 3 is 2.88 bits per heavy atom. The molecule has 5 nitrogen and oxygen atoms in total. The first kappa shape index (κ1) is 12.2. The van der Waals surface area contributed by atoms with Crippen molar-refractivity contribution < 1.29 is 9.15 Å². The molecule has 0 aromatic carbocycles. The summed E-state index contributed by atoms with van der Waals surface area (Å²) in [4.78, 5) is 0. The molecule has 0 unspecified atom stereocenters. The summed E-state index contributed by atoms with van der Waals surface area (Å²) < 4.78 is 13.0. The van der Waals surface area contributed by atoms with E-state index in [2.05, 4.69) is 26.3 Å². The second kappa shape index (κ2) is 5.37. The lowest BCUT2D eigenvalue weighted by Crippen LogP contribution is -2.12. The summed E-state index contributed by atoms with van der Waals surface area (Å²) in [7, 11) is 3.49. The third-order valence-corrected chi connectivity index (χ3v) is 2.76. The van der Waals surface area contributed by atoms with Crippen molar-refractivity contribution in [3.05, 3.63) is 34.3 Å². The molecule has 92 valence electrons. The van der Waals surface area contributed by atoms with Crippen molar-refractivity contribution in [3.8, 4) is 5.88 Å². The second-order valence-electron chi connectivity index (χ2n) is 3.61. The van der Waals surface area contributed by atoms with Gasteiger partial charge in [0.1, 0.15) is 5.76 Å². The predicted octanol–water partition coefficient (Wildman–Crippen LogP) is 2.07. The van der Waals surface area contributed by atoms with Crippen molar-refractivity contribution in [2.45, 2.75) is 13.1 Å². The first-order chi connectivity index (χ1) is 8.19. The van der Waals surface area contributed by atoms with Gasteiger partial charge in [0.05, 0.1) is 19.3 Å². The molecule has 0 fully saturated rings. The lowest BCUT2D eigenvalue weighted by molar-refractivity contribution is 0.373. The molecule has 2 rings (SSSR count). The summed E-state index contributed by atoms with van der Waals surface area (Å²) in [6.07, 6.45) is 0. The van der Waals surface area contributed by atoms with Crippen LogP contribution in [0.25, 0.3) is 0 Å². The Kier molecular flexibility index (Phi) is 3.86. The minimum Gasteiger partial charge on any atom is -0.481 e. The summed E-state index contributed by atoms with van der Waals surface area (Å²) in [6, 6.07) is 5.71. The van der Waals surface area contributed by atoms with Crippen molar-refractivity contribution in [3.63, 3.8) is 0 Å². The number of aryl methyl sites for hydroxylation is 1.